The van der Waals surface area contributed by atoms with E-state index in [2.05, 4.69) is 38.8 Å². The molecule has 2 rings (SSSR count). The van der Waals surface area contributed by atoms with Crippen LogP contribution in [0.3, 0.4) is 0 Å². The second kappa shape index (κ2) is 8.77. The zero-order valence-electron chi connectivity index (χ0n) is 13.6. The average molecular weight is 413 g/mol. The minimum atomic E-state index is 0. The summed E-state index contributed by atoms with van der Waals surface area (Å²) >= 11 is 0. The molecular weight excluding hydrogens is 389 g/mol. The Kier molecular flexibility index (Phi) is 7.37. The lowest BCUT2D eigenvalue weighted by Gasteiger charge is -2.22. The number of guanidine groups is 1. The molecule has 0 saturated carbocycles. The SMILES string of the molecule is CN(C)C(=NCc1cccc(Cn2ccnc2)c1)N(C)C.I. The highest BCUT2D eigenvalue weighted by atomic mass is 127. The van der Waals surface area contributed by atoms with Crippen LogP contribution in [-0.2, 0) is 13.1 Å². The first-order valence-corrected chi connectivity index (χ1v) is 6.99. The van der Waals surface area contributed by atoms with E-state index in [4.69, 9.17) is 0 Å². The molecule has 1 heterocycles. The molecule has 0 fully saturated rings. The van der Waals surface area contributed by atoms with E-state index in [0.717, 1.165) is 12.5 Å². The van der Waals surface area contributed by atoms with Crippen molar-refractivity contribution >= 4 is 29.9 Å². The summed E-state index contributed by atoms with van der Waals surface area (Å²) in [7, 11) is 8.03. The van der Waals surface area contributed by atoms with E-state index in [-0.39, 0.29) is 24.0 Å². The van der Waals surface area contributed by atoms with Crippen molar-refractivity contribution in [3.05, 3.63) is 54.1 Å². The van der Waals surface area contributed by atoms with Crippen LogP contribution < -0.4 is 0 Å². The van der Waals surface area contributed by atoms with Gasteiger partial charge in [0.1, 0.15) is 0 Å². The lowest BCUT2D eigenvalue weighted by Crippen LogP contribution is -2.35. The largest absolute Gasteiger partial charge is 0.349 e. The zero-order valence-corrected chi connectivity index (χ0v) is 15.9. The monoisotopic (exact) mass is 413 g/mol. The minimum absolute atomic E-state index is 0. The summed E-state index contributed by atoms with van der Waals surface area (Å²) in [5.41, 5.74) is 2.48. The molecule has 0 saturated heterocycles. The standard InChI is InChI=1S/C16H23N5.HI/c1-19(2)16(20(3)4)18-11-14-6-5-7-15(10-14)12-21-9-8-17-13-21;/h5-10,13H,11-12H2,1-4H3;1H. The highest BCUT2D eigenvalue weighted by Crippen LogP contribution is 2.09. The maximum Gasteiger partial charge on any atom is 0.195 e. The molecule has 0 radical (unpaired) electrons. The van der Waals surface area contributed by atoms with E-state index >= 15 is 0 Å². The minimum Gasteiger partial charge on any atom is -0.349 e. The smallest absolute Gasteiger partial charge is 0.195 e. The highest BCUT2D eigenvalue weighted by Gasteiger charge is 2.04. The van der Waals surface area contributed by atoms with Crippen molar-refractivity contribution in [2.24, 2.45) is 4.99 Å². The molecule has 22 heavy (non-hydrogen) atoms. The highest BCUT2D eigenvalue weighted by molar-refractivity contribution is 14.0. The molecule has 0 amide bonds. The van der Waals surface area contributed by atoms with Crippen molar-refractivity contribution in [3.63, 3.8) is 0 Å². The topological polar surface area (TPSA) is 36.7 Å². The first kappa shape index (κ1) is 18.5. The fourth-order valence-corrected chi connectivity index (χ4v) is 2.26. The lowest BCUT2D eigenvalue weighted by molar-refractivity contribution is 0.479. The fourth-order valence-electron chi connectivity index (χ4n) is 2.26. The number of hydrogen-bond donors (Lipinski definition) is 0. The Labute approximate surface area is 149 Å². The van der Waals surface area contributed by atoms with Crippen LogP contribution in [0, 0.1) is 0 Å². The molecule has 1 aromatic heterocycles. The molecule has 6 heteroatoms. The maximum atomic E-state index is 4.68. The van der Waals surface area contributed by atoms with E-state index in [1.807, 2.05) is 50.5 Å². The van der Waals surface area contributed by atoms with Crippen molar-refractivity contribution in [2.75, 3.05) is 28.2 Å². The lowest BCUT2D eigenvalue weighted by atomic mass is 10.1. The Bertz CT molecular complexity index is 580. The molecule has 0 spiro atoms. The van der Waals surface area contributed by atoms with Gasteiger partial charge in [0, 0.05) is 47.1 Å². The van der Waals surface area contributed by atoms with Crippen molar-refractivity contribution < 1.29 is 0 Å². The Morgan fingerprint density at radius 2 is 1.82 bits per heavy atom. The number of hydrogen-bond acceptors (Lipinski definition) is 2. The number of nitrogens with zero attached hydrogens (tertiary/aromatic N) is 5. The molecule has 0 unspecified atom stereocenters. The van der Waals surface area contributed by atoms with Crippen LogP contribution in [0.25, 0.3) is 0 Å². The van der Waals surface area contributed by atoms with Gasteiger partial charge in [-0.3, -0.25) is 0 Å². The van der Waals surface area contributed by atoms with Gasteiger partial charge in [-0.15, -0.1) is 24.0 Å². The summed E-state index contributed by atoms with van der Waals surface area (Å²) in [4.78, 5) is 12.8. The molecule has 1 aromatic carbocycles. The van der Waals surface area contributed by atoms with Crippen LogP contribution in [0.5, 0.6) is 0 Å². The van der Waals surface area contributed by atoms with Crippen LogP contribution in [0.2, 0.25) is 0 Å². The molecule has 0 aliphatic heterocycles. The summed E-state index contributed by atoms with van der Waals surface area (Å²) in [5.74, 6) is 0.968. The molecular formula is C16H24IN5. The molecule has 0 atom stereocenters. The van der Waals surface area contributed by atoms with E-state index in [1.54, 1.807) is 6.20 Å². The summed E-state index contributed by atoms with van der Waals surface area (Å²) in [5, 5.41) is 0. The van der Waals surface area contributed by atoms with Gasteiger partial charge in [0.15, 0.2) is 5.96 Å². The predicted molar refractivity (Wildman–Crippen MR) is 102 cm³/mol. The second-order valence-electron chi connectivity index (χ2n) is 5.46. The van der Waals surface area contributed by atoms with Gasteiger partial charge in [-0.1, -0.05) is 24.3 Å². The molecule has 0 aliphatic rings. The maximum absolute atomic E-state index is 4.68. The predicted octanol–water partition coefficient (Wildman–Crippen LogP) is 2.53. The number of aliphatic imine (C=N–C) groups is 1. The summed E-state index contributed by atoms with van der Waals surface area (Å²) < 4.78 is 2.06. The second-order valence-corrected chi connectivity index (χ2v) is 5.46. The third kappa shape index (κ3) is 5.32. The van der Waals surface area contributed by atoms with Gasteiger partial charge in [-0.25, -0.2) is 9.98 Å². The Morgan fingerprint density at radius 1 is 1.14 bits per heavy atom. The Hall–Kier alpha value is -1.57. The Balaban J connectivity index is 0.00000242. The molecule has 0 aliphatic carbocycles. The first-order valence-electron chi connectivity index (χ1n) is 6.99. The van der Waals surface area contributed by atoms with Crippen LogP contribution in [0.1, 0.15) is 11.1 Å². The molecule has 120 valence electrons. The molecule has 5 nitrogen and oxygen atoms in total. The van der Waals surface area contributed by atoms with Gasteiger partial charge in [-0.05, 0) is 11.1 Å². The first-order chi connectivity index (χ1) is 10.1. The van der Waals surface area contributed by atoms with Crippen molar-refractivity contribution in [1.29, 1.82) is 0 Å². The summed E-state index contributed by atoms with van der Waals surface area (Å²) in [6.45, 7) is 1.52. The van der Waals surface area contributed by atoms with E-state index in [9.17, 15) is 0 Å². The van der Waals surface area contributed by atoms with Gasteiger partial charge in [0.2, 0.25) is 0 Å². The van der Waals surface area contributed by atoms with Crippen molar-refractivity contribution in [3.8, 4) is 0 Å². The van der Waals surface area contributed by atoms with Crippen LogP contribution in [0.4, 0.5) is 0 Å². The van der Waals surface area contributed by atoms with Gasteiger partial charge < -0.3 is 14.4 Å². The summed E-state index contributed by atoms with van der Waals surface area (Å²) in [6, 6.07) is 8.53. The molecule has 0 N–H and O–H groups in total. The van der Waals surface area contributed by atoms with Crippen LogP contribution in [0.15, 0.2) is 48.0 Å². The number of benzene rings is 1. The van der Waals surface area contributed by atoms with Gasteiger partial charge in [0.05, 0.1) is 12.9 Å². The van der Waals surface area contributed by atoms with Gasteiger partial charge in [-0.2, -0.15) is 0 Å². The van der Waals surface area contributed by atoms with E-state index < -0.39 is 0 Å². The van der Waals surface area contributed by atoms with Crippen molar-refractivity contribution in [1.82, 2.24) is 19.4 Å². The third-order valence-electron chi connectivity index (χ3n) is 3.12. The van der Waals surface area contributed by atoms with E-state index in [1.165, 1.54) is 11.1 Å². The fraction of sp³-hybridized carbons (Fsp3) is 0.375. The quantitative estimate of drug-likeness (QED) is 0.439. The molecule has 2 aromatic rings. The zero-order chi connectivity index (χ0) is 15.2. The third-order valence-corrected chi connectivity index (χ3v) is 3.12. The molecule has 0 bridgehead atoms. The van der Waals surface area contributed by atoms with Crippen molar-refractivity contribution in [2.45, 2.75) is 13.1 Å². The normalized spacial score (nSPS) is 9.82. The van der Waals surface area contributed by atoms with Gasteiger partial charge >= 0.3 is 0 Å². The number of halogens is 1. The average Bonchev–Trinajstić information content (AvgIpc) is 2.91. The van der Waals surface area contributed by atoms with Crippen LogP contribution >= 0.6 is 24.0 Å². The number of rotatable bonds is 4. The number of aromatic nitrogens is 2. The Morgan fingerprint density at radius 3 is 2.41 bits per heavy atom. The number of imidazole rings is 1. The van der Waals surface area contributed by atoms with E-state index in [0.29, 0.717) is 6.54 Å². The summed E-state index contributed by atoms with van der Waals surface area (Å²) in [6.07, 6.45) is 5.61. The van der Waals surface area contributed by atoms with Gasteiger partial charge in [0.25, 0.3) is 0 Å². The van der Waals surface area contributed by atoms with Crippen LogP contribution in [-0.4, -0.2) is 53.5 Å².